The van der Waals surface area contributed by atoms with Crippen LogP contribution in [0.2, 0.25) is 5.02 Å². The number of piperazine rings is 1. The van der Waals surface area contributed by atoms with E-state index in [4.69, 9.17) is 11.6 Å². The van der Waals surface area contributed by atoms with Gasteiger partial charge < -0.3 is 15.1 Å². The number of halogens is 1. The minimum Gasteiger partial charge on any atom is -0.339 e. The molecule has 1 aromatic heterocycles. The highest BCUT2D eigenvalue weighted by atomic mass is 35.5. The maximum atomic E-state index is 12.5. The summed E-state index contributed by atoms with van der Waals surface area (Å²) in [7, 11) is 0. The van der Waals surface area contributed by atoms with Crippen LogP contribution in [-0.4, -0.2) is 52.9 Å². The van der Waals surface area contributed by atoms with Crippen molar-refractivity contribution in [2.75, 3.05) is 36.4 Å². The molecule has 0 bridgehead atoms. The number of nitrogens with one attached hydrogen (secondary N) is 1. The summed E-state index contributed by atoms with van der Waals surface area (Å²) in [6, 6.07) is 6.86. The predicted octanol–water partition coefficient (Wildman–Crippen LogP) is 2.36. The van der Waals surface area contributed by atoms with Gasteiger partial charge in [-0.2, -0.15) is 0 Å². The van der Waals surface area contributed by atoms with Crippen LogP contribution in [0.3, 0.4) is 0 Å². The summed E-state index contributed by atoms with van der Waals surface area (Å²) in [6.07, 6.45) is 1.57. The van der Waals surface area contributed by atoms with Crippen molar-refractivity contribution in [3.63, 3.8) is 0 Å². The first-order valence-corrected chi connectivity index (χ1v) is 8.73. The third kappa shape index (κ3) is 4.11. The van der Waals surface area contributed by atoms with Gasteiger partial charge in [0.1, 0.15) is 5.69 Å². The van der Waals surface area contributed by atoms with E-state index in [9.17, 15) is 9.59 Å². The lowest BCUT2D eigenvalue weighted by Crippen LogP contribution is -2.48. The molecular weight excluding hydrogens is 354 g/mol. The van der Waals surface area contributed by atoms with Crippen LogP contribution in [0.5, 0.6) is 0 Å². The molecule has 0 spiro atoms. The molecule has 2 aromatic rings. The zero-order valence-electron chi connectivity index (χ0n) is 14.7. The third-order valence-electron chi connectivity index (χ3n) is 4.32. The molecule has 136 valence electrons. The highest BCUT2D eigenvalue weighted by molar-refractivity contribution is 6.30. The fourth-order valence-electron chi connectivity index (χ4n) is 2.80. The minimum absolute atomic E-state index is 0.0667. The Balaban J connectivity index is 1.71. The molecule has 0 unspecified atom stereocenters. The van der Waals surface area contributed by atoms with Gasteiger partial charge >= 0.3 is 0 Å². The van der Waals surface area contributed by atoms with Crippen molar-refractivity contribution in [3.05, 3.63) is 46.7 Å². The number of benzene rings is 1. The lowest BCUT2D eigenvalue weighted by Gasteiger charge is -2.34. The second-order valence-electron chi connectivity index (χ2n) is 6.15. The summed E-state index contributed by atoms with van der Waals surface area (Å²) in [5.41, 5.74) is 1.86. The molecule has 1 saturated heterocycles. The molecule has 0 saturated carbocycles. The first kappa shape index (κ1) is 18.1. The van der Waals surface area contributed by atoms with E-state index in [1.165, 1.54) is 0 Å². The summed E-state index contributed by atoms with van der Waals surface area (Å²) in [6.45, 7) is 5.97. The van der Waals surface area contributed by atoms with E-state index >= 15 is 0 Å². The number of rotatable bonds is 3. The average molecular weight is 374 g/mol. The molecule has 7 nitrogen and oxygen atoms in total. The summed E-state index contributed by atoms with van der Waals surface area (Å²) < 4.78 is 0. The number of nitrogens with zero attached hydrogens (tertiary/aromatic N) is 4. The van der Waals surface area contributed by atoms with E-state index in [0.29, 0.717) is 48.5 Å². The van der Waals surface area contributed by atoms with Crippen molar-refractivity contribution in [2.24, 2.45) is 0 Å². The Morgan fingerprint density at radius 1 is 1.15 bits per heavy atom. The number of aryl methyl sites for hydroxylation is 1. The first-order valence-electron chi connectivity index (χ1n) is 8.35. The summed E-state index contributed by atoms with van der Waals surface area (Å²) in [5.74, 6) is 0.257. The number of carbonyl (C=O) groups excluding carboxylic acids is 2. The standard InChI is InChI=1S/C18H20ClN5O2/c1-12-11-14(19)3-4-15(12)21-17(26)16-5-6-20-18(22-16)24-9-7-23(8-10-24)13(2)25/h3-6,11H,7-10H2,1-2H3,(H,21,26). The Bertz CT molecular complexity index is 834. The molecule has 3 rings (SSSR count). The van der Waals surface area contributed by atoms with Crippen LogP contribution in [0.4, 0.5) is 11.6 Å². The maximum Gasteiger partial charge on any atom is 0.274 e. The van der Waals surface area contributed by atoms with Crippen molar-refractivity contribution in [1.29, 1.82) is 0 Å². The van der Waals surface area contributed by atoms with Crippen LogP contribution in [-0.2, 0) is 4.79 Å². The largest absolute Gasteiger partial charge is 0.339 e. The second kappa shape index (κ2) is 7.70. The van der Waals surface area contributed by atoms with Gasteiger partial charge in [0.05, 0.1) is 0 Å². The van der Waals surface area contributed by atoms with E-state index in [-0.39, 0.29) is 11.8 Å². The number of carbonyl (C=O) groups is 2. The number of anilines is 2. The zero-order chi connectivity index (χ0) is 18.7. The van der Waals surface area contributed by atoms with Crippen LogP contribution >= 0.6 is 11.6 Å². The quantitative estimate of drug-likeness (QED) is 0.893. The zero-order valence-corrected chi connectivity index (χ0v) is 15.5. The van der Waals surface area contributed by atoms with Crippen LogP contribution < -0.4 is 10.2 Å². The molecule has 2 heterocycles. The van der Waals surface area contributed by atoms with Crippen molar-refractivity contribution in [1.82, 2.24) is 14.9 Å². The number of amides is 2. The number of hydrogen-bond acceptors (Lipinski definition) is 5. The Kier molecular flexibility index (Phi) is 5.37. The van der Waals surface area contributed by atoms with Crippen LogP contribution in [0, 0.1) is 6.92 Å². The molecule has 0 aliphatic carbocycles. The molecule has 1 N–H and O–H groups in total. The van der Waals surface area contributed by atoms with Gasteiger partial charge in [0.15, 0.2) is 0 Å². The monoisotopic (exact) mass is 373 g/mol. The van der Waals surface area contributed by atoms with Crippen molar-refractivity contribution in [3.8, 4) is 0 Å². The molecule has 0 atom stereocenters. The maximum absolute atomic E-state index is 12.5. The molecular formula is C18H20ClN5O2. The topological polar surface area (TPSA) is 78.4 Å². The van der Waals surface area contributed by atoms with Gasteiger partial charge in [-0.1, -0.05) is 11.6 Å². The van der Waals surface area contributed by atoms with E-state index in [1.807, 2.05) is 11.8 Å². The van der Waals surface area contributed by atoms with Gasteiger partial charge in [0.25, 0.3) is 5.91 Å². The molecule has 0 radical (unpaired) electrons. The molecule has 26 heavy (non-hydrogen) atoms. The van der Waals surface area contributed by atoms with Gasteiger partial charge in [0, 0.05) is 50.0 Å². The number of aromatic nitrogens is 2. The molecule has 1 aliphatic rings. The minimum atomic E-state index is -0.304. The van der Waals surface area contributed by atoms with Gasteiger partial charge in [-0.3, -0.25) is 9.59 Å². The summed E-state index contributed by atoms with van der Waals surface area (Å²) in [5, 5.41) is 3.47. The molecule has 2 amide bonds. The highest BCUT2D eigenvalue weighted by Crippen LogP contribution is 2.20. The Morgan fingerprint density at radius 3 is 2.54 bits per heavy atom. The molecule has 8 heteroatoms. The smallest absolute Gasteiger partial charge is 0.274 e. The average Bonchev–Trinajstić information content (AvgIpc) is 2.64. The van der Waals surface area contributed by atoms with Gasteiger partial charge in [-0.05, 0) is 36.8 Å². The van der Waals surface area contributed by atoms with E-state index in [2.05, 4.69) is 15.3 Å². The lowest BCUT2D eigenvalue weighted by atomic mass is 10.2. The summed E-state index contributed by atoms with van der Waals surface area (Å²) in [4.78, 5) is 36.4. The molecule has 1 fully saturated rings. The normalized spacial score (nSPS) is 14.3. The van der Waals surface area contributed by atoms with Crippen LogP contribution in [0.15, 0.2) is 30.5 Å². The Morgan fingerprint density at radius 2 is 1.88 bits per heavy atom. The highest BCUT2D eigenvalue weighted by Gasteiger charge is 2.21. The van der Waals surface area contributed by atoms with Crippen molar-refractivity contribution in [2.45, 2.75) is 13.8 Å². The third-order valence-corrected chi connectivity index (χ3v) is 4.56. The number of hydrogen-bond donors (Lipinski definition) is 1. The molecule has 1 aliphatic heterocycles. The fraction of sp³-hybridized carbons (Fsp3) is 0.333. The summed E-state index contributed by atoms with van der Waals surface area (Å²) >= 11 is 5.94. The van der Waals surface area contributed by atoms with E-state index in [0.717, 1.165) is 5.56 Å². The van der Waals surface area contributed by atoms with Crippen LogP contribution in [0.1, 0.15) is 23.0 Å². The predicted molar refractivity (Wildman–Crippen MR) is 101 cm³/mol. The fourth-order valence-corrected chi connectivity index (χ4v) is 3.03. The first-order chi connectivity index (χ1) is 12.4. The van der Waals surface area contributed by atoms with E-state index in [1.54, 1.807) is 42.3 Å². The van der Waals surface area contributed by atoms with Crippen molar-refractivity contribution < 1.29 is 9.59 Å². The Labute approximate surface area is 157 Å². The van der Waals surface area contributed by atoms with Gasteiger partial charge in [-0.25, -0.2) is 9.97 Å². The van der Waals surface area contributed by atoms with E-state index < -0.39 is 0 Å². The molecule has 1 aromatic carbocycles. The van der Waals surface area contributed by atoms with Crippen LogP contribution in [0.25, 0.3) is 0 Å². The Hall–Kier alpha value is -2.67. The van der Waals surface area contributed by atoms with Gasteiger partial charge in [0.2, 0.25) is 11.9 Å². The van der Waals surface area contributed by atoms with Gasteiger partial charge in [-0.15, -0.1) is 0 Å². The van der Waals surface area contributed by atoms with Crippen molar-refractivity contribution >= 4 is 35.1 Å². The SMILES string of the molecule is CC(=O)N1CCN(c2nccc(C(=O)Nc3ccc(Cl)cc3C)n2)CC1. The lowest BCUT2D eigenvalue weighted by molar-refractivity contribution is -0.129. The second-order valence-corrected chi connectivity index (χ2v) is 6.58.